The number of β-amino-alcohol motifs (C(OH)–C–C–N with tert-alkyl or cyclic N) is 1. The molecule has 1 aliphatic heterocycles. The molecule has 0 aromatic heterocycles. The summed E-state index contributed by atoms with van der Waals surface area (Å²) >= 11 is 0. The molecule has 0 amide bonds. The molecule has 2 nitrogen and oxygen atoms in total. The van der Waals surface area contributed by atoms with E-state index in [0.717, 1.165) is 25.4 Å². The van der Waals surface area contributed by atoms with E-state index in [1.54, 1.807) is 0 Å². The van der Waals surface area contributed by atoms with Crippen LogP contribution in [-0.4, -0.2) is 35.2 Å². The van der Waals surface area contributed by atoms with Crippen molar-refractivity contribution in [3.05, 3.63) is 0 Å². The molecule has 0 bridgehead atoms. The third-order valence-corrected chi connectivity index (χ3v) is 3.34. The molecular weight excluding hydrogens is 162 g/mol. The van der Waals surface area contributed by atoms with Crippen LogP contribution < -0.4 is 0 Å². The number of aliphatic hydroxyl groups is 1. The second-order valence-electron chi connectivity index (χ2n) is 4.46. The molecule has 72 valence electrons. The second-order valence-corrected chi connectivity index (χ2v) is 4.46. The minimum atomic E-state index is -0.830. The Morgan fingerprint density at radius 2 is 2.31 bits per heavy atom. The van der Waals surface area contributed by atoms with Gasteiger partial charge >= 0.3 is 0 Å². The zero-order valence-corrected chi connectivity index (χ0v) is 8.00. The predicted molar refractivity (Wildman–Crippen MR) is 52.2 cm³/mol. The standard InChI is InChI=1S/C11H17NO/c1-2-11(13)6-7-12(9-11)8-10-4-3-5-10/h1,10,13H,3-9H2. The predicted octanol–water partition coefficient (Wildman–Crippen LogP) is 0.857. The quantitative estimate of drug-likeness (QED) is 0.635. The Labute approximate surface area is 79.9 Å². The average molecular weight is 179 g/mol. The monoisotopic (exact) mass is 179 g/mol. The van der Waals surface area contributed by atoms with E-state index in [-0.39, 0.29) is 0 Å². The van der Waals surface area contributed by atoms with Gasteiger partial charge in [0.1, 0.15) is 5.60 Å². The first kappa shape index (κ1) is 9.05. The highest BCUT2D eigenvalue weighted by Gasteiger charge is 2.35. The van der Waals surface area contributed by atoms with Gasteiger partial charge in [0.15, 0.2) is 0 Å². The molecule has 13 heavy (non-hydrogen) atoms. The van der Waals surface area contributed by atoms with Gasteiger partial charge in [0.05, 0.1) is 0 Å². The first-order valence-corrected chi connectivity index (χ1v) is 5.14. The number of terminal acetylenes is 1. The molecule has 2 aliphatic rings. The van der Waals surface area contributed by atoms with Crippen molar-refractivity contribution in [1.29, 1.82) is 0 Å². The molecular formula is C11H17NO. The lowest BCUT2D eigenvalue weighted by Crippen LogP contribution is -2.35. The number of hydrogen-bond donors (Lipinski definition) is 1. The lowest BCUT2D eigenvalue weighted by atomic mass is 9.85. The van der Waals surface area contributed by atoms with Gasteiger partial charge in [-0.1, -0.05) is 12.3 Å². The second kappa shape index (κ2) is 3.32. The number of nitrogens with zero attached hydrogens (tertiary/aromatic N) is 1. The van der Waals surface area contributed by atoms with Crippen molar-refractivity contribution in [2.24, 2.45) is 5.92 Å². The molecule has 1 atom stereocenters. The van der Waals surface area contributed by atoms with Crippen LogP contribution in [0.1, 0.15) is 25.7 Å². The summed E-state index contributed by atoms with van der Waals surface area (Å²) in [5, 5.41) is 9.80. The lowest BCUT2D eigenvalue weighted by molar-refractivity contribution is 0.101. The molecule has 1 unspecified atom stereocenters. The van der Waals surface area contributed by atoms with Crippen LogP contribution in [0.4, 0.5) is 0 Å². The van der Waals surface area contributed by atoms with Crippen LogP contribution in [0.5, 0.6) is 0 Å². The Morgan fingerprint density at radius 1 is 1.54 bits per heavy atom. The van der Waals surface area contributed by atoms with Crippen LogP contribution in [-0.2, 0) is 0 Å². The first-order valence-electron chi connectivity index (χ1n) is 5.14. The van der Waals surface area contributed by atoms with Crippen LogP contribution in [0, 0.1) is 18.3 Å². The van der Waals surface area contributed by atoms with Gasteiger partial charge in [-0.15, -0.1) is 6.42 Å². The maximum absolute atomic E-state index is 9.80. The maximum Gasteiger partial charge on any atom is 0.139 e. The number of hydrogen-bond acceptors (Lipinski definition) is 2. The fourth-order valence-electron chi connectivity index (χ4n) is 2.19. The Balaban J connectivity index is 1.81. The first-order chi connectivity index (χ1) is 6.22. The van der Waals surface area contributed by atoms with E-state index in [1.165, 1.54) is 19.3 Å². The Morgan fingerprint density at radius 3 is 2.77 bits per heavy atom. The number of likely N-dealkylation sites (tertiary alicyclic amines) is 1. The van der Waals surface area contributed by atoms with Gasteiger partial charge in [-0.25, -0.2) is 0 Å². The molecule has 2 heteroatoms. The van der Waals surface area contributed by atoms with Crippen LogP contribution in [0.3, 0.4) is 0 Å². The summed E-state index contributed by atoms with van der Waals surface area (Å²) < 4.78 is 0. The van der Waals surface area contributed by atoms with E-state index in [0.29, 0.717) is 6.54 Å². The fourth-order valence-corrected chi connectivity index (χ4v) is 2.19. The lowest BCUT2D eigenvalue weighted by Gasteiger charge is -2.30. The molecule has 1 N–H and O–H groups in total. The van der Waals surface area contributed by atoms with Crippen molar-refractivity contribution in [1.82, 2.24) is 4.90 Å². The molecule has 1 heterocycles. The summed E-state index contributed by atoms with van der Waals surface area (Å²) in [6.45, 7) is 2.79. The summed E-state index contributed by atoms with van der Waals surface area (Å²) in [5.41, 5.74) is -0.830. The van der Waals surface area contributed by atoms with E-state index in [2.05, 4.69) is 10.8 Å². The van der Waals surface area contributed by atoms with E-state index in [9.17, 15) is 5.11 Å². The minimum Gasteiger partial charge on any atom is -0.376 e. The largest absolute Gasteiger partial charge is 0.376 e. The highest BCUT2D eigenvalue weighted by atomic mass is 16.3. The van der Waals surface area contributed by atoms with Crippen molar-refractivity contribution in [3.63, 3.8) is 0 Å². The smallest absolute Gasteiger partial charge is 0.139 e. The van der Waals surface area contributed by atoms with E-state index in [1.807, 2.05) is 0 Å². The third-order valence-electron chi connectivity index (χ3n) is 3.34. The highest BCUT2D eigenvalue weighted by molar-refractivity contribution is 5.12. The summed E-state index contributed by atoms with van der Waals surface area (Å²) in [6, 6.07) is 0. The summed E-state index contributed by atoms with van der Waals surface area (Å²) in [4.78, 5) is 2.31. The molecule has 0 aromatic carbocycles. The zero-order chi connectivity index (χ0) is 9.31. The van der Waals surface area contributed by atoms with Crippen LogP contribution in [0.2, 0.25) is 0 Å². The van der Waals surface area contributed by atoms with Gasteiger partial charge in [0, 0.05) is 26.1 Å². The Bertz CT molecular complexity index is 229. The van der Waals surface area contributed by atoms with E-state index < -0.39 is 5.60 Å². The molecule has 2 fully saturated rings. The van der Waals surface area contributed by atoms with Crippen molar-refractivity contribution in [2.75, 3.05) is 19.6 Å². The van der Waals surface area contributed by atoms with Crippen molar-refractivity contribution in [2.45, 2.75) is 31.3 Å². The van der Waals surface area contributed by atoms with E-state index >= 15 is 0 Å². The topological polar surface area (TPSA) is 23.5 Å². The SMILES string of the molecule is C#CC1(O)CCN(CC2CCC2)C1. The molecule has 0 spiro atoms. The molecule has 1 saturated carbocycles. The molecule has 1 saturated heterocycles. The molecule has 2 rings (SSSR count). The normalized spacial score (nSPS) is 35.7. The zero-order valence-electron chi connectivity index (χ0n) is 8.00. The van der Waals surface area contributed by atoms with Crippen LogP contribution in [0.25, 0.3) is 0 Å². The summed E-state index contributed by atoms with van der Waals surface area (Å²) in [6.07, 6.45) is 10.1. The minimum absolute atomic E-state index is 0.681. The van der Waals surface area contributed by atoms with Crippen molar-refractivity contribution < 1.29 is 5.11 Å². The van der Waals surface area contributed by atoms with Crippen molar-refractivity contribution in [3.8, 4) is 12.3 Å². The van der Waals surface area contributed by atoms with Crippen LogP contribution >= 0.6 is 0 Å². The van der Waals surface area contributed by atoms with Gasteiger partial charge in [-0.3, -0.25) is 4.90 Å². The molecule has 0 aromatic rings. The highest BCUT2D eigenvalue weighted by Crippen LogP contribution is 2.29. The third kappa shape index (κ3) is 1.87. The van der Waals surface area contributed by atoms with Crippen LogP contribution in [0.15, 0.2) is 0 Å². The van der Waals surface area contributed by atoms with Gasteiger partial charge in [0.25, 0.3) is 0 Å². The fraction of sp³-hybridized carbons (Fsp3) is 0.818. The van der Waals surface area contributed by atoms with Gasteiger partial charge in [-0.2, -0.15) is 0 Å². The Hall–Kier alpha value is -0.520. The molecule has 0 radical (unpaired) electrons. The summed E-state index contributed by atoms with van der Waals surface area (Å²) in [5.74, 6) is 3.37. The maximum atomic E-state index is 9.80. The van der Waals surface area contributed by atoms with Gasteiger partial charge < -0.3 is 5.11 Å². The van der Waals surface area contributed by atoms with Gasteiger partial charge in [0.2, 0.25) is 0 Å². The van der Waals surface area contributed by atoms with Gasteiger partial charge in [-0.05, 0) is 18.8 Å². The average Bonchev–Trinajstić information content (AvgIpc) is 2.42. The Kier molecular flexibility index (Phi) is 2.31. The van der Waals surface area contributed by atoms with Crippen molar-refractivity contribution >= 4 is 0 Å². The summed E-state index contributed by atoms with van der Waals surface area (Å²) in [7, 11) is 0. The van der Waals surface area contributed by atoms with E-state index in [4.69, 9.17) is 6.42 Å². The molecule has 1 aliphatic carbocycles. The number of rotatable bonds is 2.